The lowest BCUT2D eigenvalue weighted by atomic mass is 10.1. The molecule has 0 aliphatic heterocycles. The SMILES string of the molecule is COC(=O)c1cc(OC(F)(F)F)c(C(F)F)nc1CCl. The summed E-state index contributed by atoms with van der Waals surface area (Å²) in [6.45, 7) is 0. The molecule has 0 atom stereocenters. The molecule has 1 aromatic rings. The first-order valence-corrected chi connectivity index (χ1v) is 5.45. The highest BCUT2D eigenvalue weighted by Gasteiger charge is 2.35. The summed E-state index contributed by atoms with van der Waals surface area (Å²) in [5, 5.41) is 0. The highest BCUT2D eigenvalue weighted by Crippen LogP contribution is 2.33. The third-order valence-corrected chi connectivity index (χ3v) is 2.31. The Labute approximate surface area is 114 Å². The number of carbonyl (C=O) groups is 1. The number of esters is 1. The van der Waals surface area contributed by atoms with Crippen LogP contribution in [0.2, 0.25) is 0 Å². The molecule has 0 radical (unpaired) electrons. The Morgan fingerprint density at radius 3 is 2.45 bits per heavy atom. The minimum atomic E-state index is -5.21. The summed E-state index contributed by atoms with van der Waals surface area (Å²) >= 11 is 5.42. The molecule has 0 amide bonds. The van der Waals surface area contributed by atoms with Crippen molar-refractivity contribution in [2.24, 2.45) is 0 Å². The van der Waals surface area contributed by atoms with Gasteiger partial charge in [0.05, 0.1) is 24.2 Å². The second kappa shape index (κ2) is 6.21. The predicted octanol–water partition coefficient (Wildman–Crippen LogP) is 3.44. The summed E-state index contributed by atoms with van der Waals surface area (Å²) in [5.41, 5.74) is -2.07. The Bertz CT molecular complexity index is 506. The Morgan fingerprint density at radius 1 is 1.45 bits per heavy atom. The van der Waals surface area contributed by atoms with E-state index >= 15 is 0 Å². The highest BCUT2D eigenvalue weighted by molar-refractivity contribution is 6.17. The van der Waals surface area contributed by atoms with Crippen LogP contribution in [0.3, 0.4) is 0 Å². The first kappa shape index (κ1) is 16.4. The zero-order valence-corrected chi connectivity index (χ0v) is 10.6. The van der Waals surface area contributed by atoms with Gasteiger partial charge >= 0.3 is 12.3 Å². The Hall–Kier alpha value is -1.64. The Morgan fingerprint density at radius 2 is 2.05 bits per heavy atom. The van der Waals surface area contributed by atoms with Gasteiger partial charge in [-0.15, -0.1) is 24.8 Å². The number of pyridine rings is 1. The Kier molecular flexibility index (Phi) is 5.09. The van der Waals surface area contributed by atoms with Crippen LogP contribution in [-0.4, -0.2) is 24.4 Å². The molecule has 1 aromatic heterocycles. The lowest BCUT2D eigenvalue weighted by Crippen LogP contribution is -2.20. The lowest BCUT2D eigenvalue weighted by Gasteiger charge is -2.15. The number of carbonyl (C=O) groups excluding carboxylic acids is 1. The molecule has 112 valence electrons. The Balaban J connectivity index is 3.42. The van der Waals surface area contributed by atoms with Crippen molar-refractivity contribution in [1.82, 2.24) is 4.98 Å². The van der Waals surface area contributed by atoms with Gasteiger partial charge in [-0.1, -0.05) is 0 Å². The summed E-state index contributed by atoms with van der Waals surface area (Å²) in [6, 6.07) is 0.478. The molecule has 4 nitrogen and oxygen atoms in total. The molecule has 0 bridgehead atoms. The van der Waals surface area contributed by atoms with E-state index in [1.54, 1.807) is 0 Å². The molecule has 0 unspecified atom stereocenters. The van der Waals surface area contributed by atoms with E-state index in [4.69, 9.17) is 11.6 Å². The summed E-state index contributed by atoms with van der Waals surface area (Å²) in [4.78, 5) is 14.6. The number of hydrogen-bond donors (Lipinski definition) is 0. The number of aromatic nitrogens is 1. The van der Waals surface area contributed by atoms with E-state index in [-0.39, 0.29) is 5.69 Å². The topological polar surface area (TPSA) is 48.4 Å². The van der Waals surface area contributed by atoms with E-state index in [9.17, 15) is 26.7 Å². The van der Waals surface area contributed by atoms with Gasteiger partial charge in [-0.2, -0.15) is 0 Å². The maximum atomic E-state index is 12.7. The fourth-order valence-corrected chi connectivity index (χ4v) is 1.50. The monoisotopic (exact) mass is 319 g/mol. The number of alkyl halides is 6. The standard InChI is InChI=1S/C10H7ClF5NO3/c1-19-9(18)4-2-6(20-10(14,15)16)7(8(12)13)17-5(4)3-11/h2,8H,3H2,1H3. The number of rotatable bonds is 4. The molecule has 0 aliphatic rings. The van der Waals surface area contributed by atoms with E-state index in [1.807, 2.05) is 0 Å². The molecule has 0 aliphatic carbocycles. The summed E-state index contributed by atoms with van der Waals surface area (Å²) in [7, 11) is 0.964. The average Bonchev–Trinajstić information content (AvgIpc) is 2.35. The quantitative estimate of drug-likeness (QED) is 0.484. The van der Waals surface area contributed by atoms with Crippen LogP contribution < -0.4 is 4.74 Å². The number of halogens is 6. The van der Waals surface area contributed by atoms with Crippen molar-refractivity contribution in [3.8, 4) is 5.75 Å². The molecular formula is C10H7ClF5NO3. The summed E-state index contributed by atoms with van der Waals surface area (Å²) < 4.78 is 69.5. The summed E-state index contributed by atoms with van der Waals surface area (Å²) in [5.74, 6) is -2.81. The van der Waals surface area contributed by atoms with Crippen molar-refractivity contribution < 1.29 is 36.2 Å². The van der Waals surface area contributed by atoms with Crippen molar-refractivity contribution in [2.75, 3.05) is 7.11 Å². The van der Waals surface area contributed by atoms with E-state index in [0.29, 0.717) is 6.07 Å². The molecule has 0 N–H and O–H groups in total. The summed E-state index contributed by atoms with van der Waals surface area (Å²) in [6.07, 6.45) is -8.54. The molecule has 0 spiro atoms. The minimum Gasteiger partial charge on any atom is -0.465 e. The molecule has 1 heterocycles. The van der Waals surface area contributed by atoms with Gasteiger partial charge in [0, 0.05) is 0 Å². The lowest BCUT2D eigenvalue weighted by molar-refractivity contribution is -0.275. The van der Waals surface area contributed by atoms with Crippen LogP contribution >= 0.6 is 11.6 Å². The van der Waals surface area contributed by atoms with Gasteiger partial charge in [0.2, 0.25) is 0 Å². The van der Waals surface area contributed by atoms with Crippen LogP contribution in [0.25, 0.3) is 0 Å². The maximum absolute atomic E-state index is 12.7. The van der Waals surface area contributed by atoms with Gasteiger partial charge in [0.1, 0.15) is 5.69 Å². The van der Waals surface area contributed by atoms with E-state index in [0.717, 1.165) is 7.11 Å². The second-order valence-corrected chi connectivity index (χ2v) is 3.61. The third kappa shape index (κ3) is 3.92. The predicted molar refractivity (Wildman–Crippen MR) is 56.8 cm³/mol. The zero-order chi connectivity index (χ0) is 15.5. The van der Waals surface area contributed by atoms with Crippen LogP contribution in [0.4, 0.5) is 22.0 Å². The molecule has 0 fully saturated rings. The average molecular weight is 320 g/mol. The molecule has 10 heteroatoms. The van der Waals surface area contributed by atoms with Crippen molar-refractivity contribution in [3.63, 3.8) is 0 Å². The molecule has 0 saturated carbocycles. The van der Waals surface area contributed by atoms with Gasteiger partial charge in [0.15, 0.2) is 5.75 Å². The van der Waals surface area contributed by atoms with E-state index in [2.05, 4.69) is 14.5 Å². The second-order valence-electron chi connectivity index (χ2n) is 3.34. The van der Waals surface area contributed by atoms with Crippen molar-refractivity contribution in [3.05, 3.63) is 23.0 Å². The number of methoxy groups -OCH3 is 1. The normalized spacial score (nSPS) is 11.6. The number of hydrogen-bond acceptors (Lipinski definition) is 4. The van der Waals surface area contributed by atoms with Crippen molar-refractivity contribution in [2.45, 2.75) is 18.7 Å². The van der Waals surface area contributed by atoms with E-state index < -0.39 is 41.6 Å². The van der Waals surface area contributed by atoms with Crippen LogP contribution in [0.5, 0.6) is 5.75 Å². The number of ether oxygens (including phenoxy) is 2. The molecule has 0 saturated heterocycles. The fourth-order valence-electron chi connectivity index (χ4n) is 1.30. The zero-order valence-electron chi connectivity index (χ0n) is 9.80. The highest BCUT2D eigenvalue weighted by atomic mass is 35.5. The van der Waals surface area contributed by atoms with Gasteiger partial charge in [-0.05, 0) is 6.07 Å². The van der Waals surface area contributed by atoms with Crippen LogP contribution in [-0.2, 0) is 10.6 Å². The first-order valence-electron chi connectivity index (χ1n) is 4.91. The van der Waals surface area contributed by atoms with Crippen LogP contribution in [0, 0.1) is 0 Å². The van der Waals surface area contributed by atoms with Gasteiger partial charge in [-0.25, -0.2) is 18.6 Å². The van der Waals surface area contributed by atoms with Crippen LogP contribution in [0.15, 0.2) is 6.07 Å². The van der Waals surface area contributed by atoms with Gasteiger partial charge in [-0.3, -0.25) is 0 Å². The van der Waals surface area contributed by atoms with Crippen molar-refractivity contribution in [1.29, 1.82) is 0 Å². The van der Waals surface area contributed by atoms with Gasteiger partial charge in [0.25, 0.3) is 6.43 Å². The molecule has 1 rings (SSSR count). The molecule has 20 heavy (non-hydrogen) atoms. The fraction of sp³-hybridized carbons (Fsp3) is 0.400. The largest absolute Gasteiger partial charge is 0.573 e. The van der Waals surface area contributed by atoms with Crippen molar-refractivity contribution >= 4 is 17.6 Å². The molecule has 0 aromatic carbocycles. The first-order chi connectivity index (χ1) is 9.19. The maximum Gasteiger partial charge on any atom is 0.573 e. The molecular weight excluding hydrogens is 313 g/mol. The minimum absolute atomic E-state index is 0.330. The van der Waals surface area contributed by atoms with Crippen LogP contribution in [0.1, 0.15) is 28.2 Å². The number of nitrogens with zero attached hydrogens (tertiary/aromatic N) is 1. The third-order valence-electron chi connectivity index (χ3n) is 2.06. The van der Waals surface area contributed by atoms with Gasteiger partial charge < -0.3 is 9.47 Å². The van der Waals surface area contributed by atoms with E-state index in [1.165, 1.54) is 0 Å². The smallest absolute Gasteiger partial charge is 0.465 e.